The second-order valence-electron chi connectivity index (χ2n) is 8.12. The number of piperidine rings is 1. The number of rotatable bonds is 10. The lowest BCUT2D eigenvalue weighted by molar-refractivity contribution is -0.139. The van der Waals surface area contributed by atoms with Gasteiger partial charge in [0.15, 0.2) is 0 Å². The first kappa shape index (κ1) is 25.4. The van der Waals surface area contributed by atoms with Crippen molar-refractivity contribution < 1.29 is 14.7 Å². The third-order valence-electron chi connectivity index (χ3n) is 5.43. The van der Waals surface area contributed by atoms with Crippen LogP contribution in [0.4, 0.5) is 0 Å². The monoisotopic (exact) mass is 425 g/mol. The summed E-state index contributed by atoms with van der Waals surface area (Å²) in [7, 11) is 0. The smallest absolute Gasteiger partial charge is 0.317 e. The van der Waals surface area contributed by atoms with E-state index >= 15 is 0 Å². The molecule has 1 aliphatic heterocycles. The van der Waals surface area contributed by atoms with Gasteiger partial charge in [-0.05, 0) is 37.3 Å². The van der Waals surface area contributed by atoms with Gasteiger partial charge in [-0.25, -0.2) is 0 Å². The van der Waals surface area contributed by atoms with Gasteiger partial charge >= 0.3 is 5.97 Å². The van der Waals surface area contributed by atoms with Gasteiger partial charge in [-0.2, -0.15) is 0 Å². The van der Waals surface area contributed by atoms with E-state index in [0.29, 0.717) is 18.5 Å². The average Bonchev–Trinajstić information content (AvgIpc) is 2.66. The number of nitrogens with one attached hydrogen (secondary N) is 1. The van der Waals surface area contributed by atoms with E-state index in [1.807, 2.05) is 30.0 Å². The van der Waals surface area contributed by atoms with Crippen LogP contribution in [0.3, 0.4) is 0 Å². The van der Waals surface area contributed by atoms with Crippen molar-refractivity contribution in [2.75, 3.05) is 32.7 Å². The molecular formula is C22H36ClN3O3. The van der Waals surface area contributed by atoms with Crippen LogP contribution in [0.5, 0.6) is 0 Å². The van der Waals surface area contributed by atoms with Gasteiger partial charge in [-0.15, -0.1) is 12.4 Å². The van der Waals surface area contributed by atoms with E-state index in [1.165, 1.54) is 0 Å². The van der Waals surface area contributed by atoms with E-state index in [-0.39, 0.29) is 30.9 Å². The molecule has 164 valence electrons. The summed E-state index contributed by atoms with van der Waals surface area (Å²) >= 11 is 0. The maximum Gasteiger partial charge on any atom is 0.317 e. The van der Waals surface area contributed by atoms with Gasteiger partial charge < -0.3 is 10.4 Å². The first-order chi connectivity index (χ1) is 13.4. The molecule has 0 saturated carbocycles. The van der Waals surface area contributed by atoms with Crippen molar-refractivity contribution in [2.24, 2.45) is 5.92 Å². The Bertz CT molecular complexity index is 619. The quantitative estimate of drug-likeness (QED) is 0.602. The predicted octanol–water partition coefficient (Wildman–Crippen LogP) is 3.18. The van der Waals surface area contributed by atoms with E-state index in [0.717, 1.165) is 44.5 Å². The van der Waals surface area contributed by atoms with Gasteiger partial charge in [0.2, 0.25) is 5.91 Å². The minimum atomic E-state index is -0.777. The van der Waals surface area contributed by atoms with Crippen molar-refractivity contribution in [3.8, 4) is 0 Å². The SMILES string of the molecule is CCN(CC(=O)O)C1CCN(CC(=O)NC(CC(C)C)c2ccccc2)CC1.Cl. The van der Waals surface area contributed by atoms with Crippen LogP contribution in [0.25, 0.3) is 0 Å². The number of benzene rings is 1. The summed E-state index contributed by atoms with van der Waals surface area (Å²) < 4.78 is 0. The standard InChI is InChI=1S/C22H35N3O3.ClH/c1-4-25(16-22(27)28)19-10-12-24(13-11-19)15-21(26)23-20(14-17(2)3)18-8-6-5-7-9-18;/h5-9,17,19-20H,4,10-16H2,1-3H3,(H,23,26)(H,27,28);1H. The number of carboxylic acid groups (broad SMARTS) is 1. The van der Waals surface area contributed by atoms with Gasteiger partial charge in [0.1, 0.15) is 0 Å². The Hall–Kier alpha value is -1.63. The second-order valence-corrected chi connectivity index (χ2v) is 8.12. The maximum atomic E-state index is 12.7. The van der Waals surface area contributed by atoms with E-state index < -0.39 is 5.97 Å². The van der Waals surface area contributed by atoms with Crippen LogP contribution >= 0.6 is 12.4 Å². The molecule has 1 unspecified atom stereocenters. The molecule has 1 amide bonds. The molecule has 1 atom stereocenters. The summed E-state index contributed by atoms with van der Waals surface area (Å²) in [5.41, 5.74) is 1.15. The minimum Gasteiger partial charge on any atom is -0.480 e. The lowest BCUT2D eigenvalue weighted by Gasteiger charge is -2.37. The van der Waals surface area contributed by atoms with Crippen LogP contribution in [-0.2, 0) is 9.59 Å². The number of carboxylic acids is 1. The summed E-state index contributed by atoms with van der Waals surface area (Å²) in [4.78, 5) is 27.9. The van der Waals surface area contributed by atoms with Crippen molar-refractivity contribution in [2.45, 2.75) is 52.1 Å². The molecule has 29 heavy (non-hydrogen) atoms. The fraction of sp³-hybridized carbons (Fsp3) is 0.636. The fourth-order valence-electron chi connectivity index (χ4n) is 3.99. The molecular weight excluding hydrogens is 390 g/mol. The fourth-order valence-corrected chi connectivity index (χ4v) is 3.99. The number of likely N-dealkylation sites (tertiary alicyclic amines) is 1. The molecule has 1 aliphatic rings. The van der Waals surface area contributed by atoms with Crippen LogP contribution in [0.2, 0.25) is 0 Å². The van der Waals surface area contributed by atoms with Crippen molar-refractivity contribution in [3.05, 3.63) is 35.9 Å². The molecule has 0 bridgehead atoms. The lowest BCUT2D eigenvalue weighted by Crippen LogP contribution is -2.48. The topological polar surface area (TPSA) is 72.9 Å². The van der Waals surface area contributed by atoms with Crippen molar-refractivity contribution in [1.82, 2.24) is 15.1 Å². The summed E-state index contributed by atoms with van der Waals surface area (Å²) in [6, 6.07) is 10.5. The zero-order chi connectivity index (χ0) is 20.5. The number of nitrogens with zero attached hydrogens (tertiary/aromatic N) is 2. The van der Waals surface area contributed by atoms with Crippen molar-refractivity contribution in [1.29, 1.82) is 0 Å². The number of hydrogen-bond donors (Lipinski definition) is 2. The number of carbonyl (C=O) groups excluding carboxylic acids is 1. The molecule has 0 spiro atoms. The minimum absolute atomic E-state index is 0. The Labute approximate surface area is 181 Å². The summed E-state index contributed by atoms with van der Waals surface area (Å²) in [5, 5.41) is 12.3. The van der Waals surface area contributed by atoms with Crippen molar-refractivity contribution >= 4 is 24.3 Å². The third-order valence-corrected chi connectivity index (χ3v) is 5.43. The van der Waals surface area contributed by atoms with Crippen LogP contribution in [0.15, 0.2) is 30.3 Å². The first-order valence-corrected chi connectivity index (χ1v) is 10.4. The van der Waals surface area contributed by atoms with E-state index in [9.17, 15) is 9.59 Å². The molecule has 2 N–H and O–H groups in total. The molecule has 1 fully saturated rings. The molecule has 1 aromatic carbocycles. The van der Waals surface area contributed by atoms with Crippen LogP contribution in [0, 0.1) is 5.92 Å². The van der Waals surface area contributed by atoms with Crippen LogP contribution in [-0.4, -0.2) is 65.5 Å². The van der Waals surface area contributed by atoms with Gasteiger partial charge in [0, 0.05) is 19.1 Å². The highest BCUT2D eigenvalue weighted by Crippen LogP contribution is 2.21. The number of aliphatic carboxylic acids is 1. The average molecular weight is 426 g/mol. The van der Waals surface area contributed by atoms with Crippen LogP contribution in [0.1, 0.15) is 51.6 Å². The number of likely N-dealkylation sites (N-methyl/N-ethyl adjacent to an activating group) is 1. The normalized spacial score (nSPS) is 16.4. The Kier molecular flexibility index (Phi) is 11.2. The number of halogens is 1. The Morgan fingerprint density at radius 1 is 1.21 bits per heavy atom. The second kappa shape index (κ2) is 12.8. The molecule has 0 radical (unpaired) electrons. The number of amides is 1. The molecule has 0 aliphatic carbocycles. The molecule has 0 aromatic heterocycles. The number of carbonyl (C=O) groups is 2. The highest BCUT2D eigenvalue weighted by Gasteiger charge is 2.26. The summed E-state index contributed by atoms with van der Waals surface area (Å²) in [6.07, 6.45) is 2.73. The highest BCUT2D eigenvalue weighted by atomic mass is 35.5. The lowest BCUT2D eigenvalue weighted by atomic mass is 9.97. The van der Waals surface area contributed by atoms with Crippen LogP contribution < -0.4 is 5.32 Å². The van der Waals surface area contributed by atoms with E-state index in [2.05, 4.69) is 36.2 Å². The Morgan fingerprint density at radius 2 is 1.83 bits per heavy atom. The van der Waals surface area contributed by atoms with Gasteiger partial charge in [0.25, 0.3) is 0 Å². The van der Waals surface area contributed by atoms with Gasteiger partial charge in [-0.3, -0.25) is 19.4 Å². The molecule has 7 heteroatoms. The molecule has 1 heterocycles. The van der Waals surface area contributed by atoms with Crippen molar-refractivity contribution in [3.63, 3.8) is 0 Å². The highest BCUT2D eigenvalue weighted by molar-refractivity contribution is 5.85. The first-order valence-electron chi connectivity index (χ1n) is 10.4. The molecule has 2 rings (SSSR count). The van der Waals surface area contributed by atoms with Gasteiger partial charge in [-0.1, -0.05) is 51.1 Å². The maximum absolute atomic E-state index is 12.7. The zero-order valence-electron chi connectivity index (χ0n) is 17.8. The zero-order valence-corrected chi connectivity index (χ0v) is 18.7. The van der Waals surface area contributed by atoms with E-state index in [1.54, 1.807) is 0 Å². The number of hydrogen-bond acceptors (Lipinski definition) is 4. The summed E-state index contributed by atoms with van der Waals surface area (Å²) in [6.45, 7) is 9.23. The third kappa shape index (κ3) is 8.72. The molecule has 1 aromatic rings. The molecule has 6 nitrogen and oxygen atoms in total. The van der Waals surface area contributed by atoms with E-state index in [4.69, 9.17) is 5.11 Å². The predicted molar refractivity (Wildman–Crippen MR) is 118 cm³/mol. The Morgan fingerprint density at radius 3 is 2.34 bits per heavy atom. The Balaban J connectivity index is 0.00000420. The van der Waals surface area contributed by atoms with Gasteiger partial charge in [0.05, 0.1) is 19.1 Å². The largest absolute Gasteiger partial charge is 0.480 e. The molecule has 1 saturated heterocycles. The summed E-state index contributed by atoms with van der Waals surface area (Å²) in [5.74, 6) is -0.220.